The maximum Gasteiger partial charge on any atom is 0.343 e. The Kier molecular flexibility index (Phi) is 10.7. The molecule has 158 valence electrons. The second-order valence-corrected chi connectivity index (χ2v) is 6.93. The van der Waals surface area contributed by atoms with Crippen LogP contribution in [0.25, 0.3) is 0 Å². The van der Waals surface area contributed by atoms with E-state index in [0.29, 0.717) is 24.5 Å². The van der Waals surface area contributed by atoms with Gasteiger partial charge in [0.25, 0.3) is 0 Å². The van der Waals surface area contributed by atoms with Crippen molar-refractivity contribution in [1.82, 2.24) is 0 Å². The zero-order chi connectivity index (χ0) is 20.7. The number of benzene rings is 2. The number of carbonyl (C=O) groups excluding carboxylic acids is 1. The predicted molar refractivity (Wildman–Crippen MR) is 114 cm³/mol. The molecule has 0 heterocycles. The normalized spacial score (nSPS) is 10.6. The van der Waals surface area contributed by atoms with Crippen LogP contribution in [-0.4, -0.2) is 30.9 Å². The van der Waals surface area contributed by atoms with Crippen LogP contribution < -0.4 is 14.2 Å². The summed E-state index contributed by atoms with van der Waals surface area (Å²) in [6.45, 7) is 3.73. The summed E-state index contributed by atoms with van der Waals surface area (Å²) in [5.41, 5.74) is 0.472. The van der Waals surface area contributed by atoms with Crippen LogP contribution in [-0.2, 0) is 0 Å². The predicted octanol–water partition coefficient (Wildman–Crippen LogP) is 5.41. The molecule has 0 aliphatic carbocycles. The highest BCUT2D eigenvalue weighted by Gasteiger charge is 2.09. The van der Waals surface area contributed by atoms with E-state index in [4.69, 9.17) is 19.3 Å². The van der Waals surface area contributed by atoms with E-state index in [1.807, 2.05) is 12.1 Å². The van der Waals surface area contributed by atoms with E-state index in [9.17, 15) is 4.79 Å². The van der Waals surface area contributed by atoms with Gasteiger partial charge in [-0.05, 0) is 74.2 Å². The highest BCUT2D eigenvalue weighted by atomic mass is 16.5. The van der Waals surface area contributed by atoms with E-state index >= 15 is 0 Å². The molecular weight excluding hydrogens is 368 g/mol. The van der Waals surface area contributed by atoms with E-state index in [1.54, 1.807) is 36.4 Å². The Hall–Kier alpha value is -2.53. The molecule has 0 amide bonds. The molecule has 0 aliphatic heterocycles. The first-order valence-electron chi connectivity index (χ1n) is 10.5. The molecule has 0 fully saturated rings. The molecule has 0 saturated carbocycles. The molecule has 0 unspecified atom stereocenters. The maximum absolute atomic E-state index is 12.3. The summed E-state index contributed by atoms with van der Waals surface area (Å²) in [5.74, 6) is 1.59. The minimum atomic E-state index is -0.405. The van der Waals surface area contributed by atoms with Gasteiger partial charge in [0.05, 0.1) is 18.8 Å². The van der Waals surface area contributed by atoms with Gasteiger partial charge in [-0.15, -0.1) is 0 Å². The average Bonchev–Trinajstić information content (AvgIpc) is 2.75. The molecule has 0 radical (unpaired) electrons. The summed E-state index contributed by atoms with van der Waals surface area (Å²) in [4.78, 5) is 12.3. The van der Waals surface area contributed by atoms with Crippen LogP contribution in [0.5, 0.6) is 17.2 Å². The summed E-state index contributed by atoms with van der Waals surface area (Å²) < 4.78 is 16.7. The summed E-state index contributed by atoms with van der Waals surface area (Å²) in [6, 6.07) is 14.1. The number of unbranched alkanes of at least 4 members (excludes halogenated alkanes) is 5. The largest absolute Gasteiger partial charge is 0.494 e. The van der Waals surface area contributed by atoms with E-state index in [1.165, 1.54) is 0 Å². The van der Waals surface area contributed by atoms with Crippen LogP contribution in [0.3, 0.4) is 0 Å². The number of ether oxygens (including phenoxy) is 3. The quantitative estimate of drug-likeness (QED) is 0.261. The first-order valence-corrected chi connectivity index (χ1v) is 10.5. The van der Waals surface area contributed by atoms with Gasteiger partial charge in [0.1, 0.15) is 17.2 Å². The zero-order valence-electron chi connectivity index (χ0n) is 17.3. The van der Waals surface area contributed by atoms with Gasteiger partial charge in [0.2, 0.25) is 0 Å². The van der Waals surface area contributed by atoms with Crippen LogP contribution in [0, 0.1) is 0 Å². The average molecular weight is 401 g/mol. The molecule has 2 aromatic rings. The fraction of sp³-hybridized carbons (Fsp3) is 0.458. The fourth-order valence-electron chi connectivity index (χ4n) is 2.76. The van der Waals surface area contributed by atoms with Crippen LogP contribution >= 0.6 is 0 Å². The third-order valence-electron chi connectivity index (χ3n) is 4.46. The molecule has 0 bridgehead atoms. The number of aliphatic hydroxyl groups excluding tert-OH is 1. The van der Waals surface area contributed by atoms with Gasteiger partial charge in [0, 0.05) is 6.61 Å². The van der Waals surface area contributed by atoms with Crippen molar-refractivity contribution in [3.8, 4) is 17.2 Å². The monoisotopic (exact) mass is 400 g/mol. The van der Waals surface area contributed by atoms with Crippen molar-refractivity contribution in [3.05, 3.63) is 54.1 Å². The summed E-state index contributed by atoms with van der Waals surface area (Å²) >= 11 is 0. The van der Waals surface area contributed by atoms with Crippen LogP contribution in [0.4, 0.5) is 0 Å². The highest BCUT2D eigenvalue weighted by Crippen LogP contribution is 2.20. The maximum atomic E-state index is 12.3. The van der Waals surface area contributed by atoms with Crippen molar-refractivity contribution < 1.29 is 24.1 Å². The Morgan fingerprint density at radius 1 is 0.724 bits per heavy atom. The number of hydrogen-bond acceptors (Lipinski definition) is 5. The van der Waals surface area contributed by atoms with Crippen molar-refractivity contribution in [1.29, 1.82) is 0 Å². The molecule has 2 rings (SSSR count). The number of carbonyl (C=O) groups is 1. The lowest BCUT2D eigenvalue weighted by Crippen LogP contribution is -2.08. The van der Waals surface area contributed by atoms with Crippen molar-refractivity contribution in [3.63, 3.8) is 0 Å². The van der Waals surface area contributed by atoms with Gasteiger partial charge in [-0.2, -0.15) is 0 Å². The molecule has 5 heteroatoms. The summed E-state index contributed by atoms with van der Waals surface area (Å²) in [5, 5.41) is 8.75. The smallest absolute Gasteiger partial charge is 0.343 e. The van der Waals surface area contributed by atoms with Crippen molar-refractivity contribution in [2.75, 3.05) is 19.8 Å². The first kappa shape index (κ1) is 22.8. The van der Waals surface area contributed by atoms with Crippen LogP contribution in [0.1, 0.15) is 62.2 Å². The molecule has 0 spiro atoms. The first-order chi connectivity index (χ1) is 14.2. The molecule has 2 aromatic carbocycles. The second kappa shape index (κ2) is 13.6. The molecule has 0 aliphatic rings. The van der Waals surface area contributed by atoms with Gasteiger partial charge in [-0.1, -0.05) is 26.2 Å². The molecule has 0 atom stereocenters. The number of hydrogen-bond donors (Lipinski definition) is 1. The van der Waals surface area contributed by atoms with Gasteiger partial charge >= 0.3 is 5.97 Å². The molecule has 0 aromatic heterocycles. The van der Waals surface area contributed by atoms with Gasteiger partial charge in [0.15, 0.2) is 0 Å². The van der Waals surface area contributed by atoms with Crippen LogP contribution in [0.15, 0.2) is 48.5 Å². The Morgan fingerprint density at radius 2 is 1.24 bits per heavy atom. The van der Waals surface area contributed by atoms with Crippen molar-refractivity contribution in [2.45, 2.75) is 51.9 Å². The fourth-order valence-corrected chi connectivity index (χ4v) is 2.76. The number of rotatable bonds is 14. The van der Waals surface area contributed by atoms with Crippen LogP contribution in [0.2, 0.25) is 0 Å². The van der Waals surface area contributed by atoms with E-state index < -0.39 is 5.97 Å². The van der Waals surface area contributed by atoms with E-state index in [2.05, 4.69) is 6.92 Å². The van der Waals surface area contributed by atoms with E-state index in [-0.39, 0.29) is 6.61 Å². The SMILES string of the molecule is CCCCCOc1ccc(OC(=O)c2ccc(OCCCCCCO)cc2)cc1. The Balaban J connectivity index is 1.74. The van der Waals surface area contributed by atoms with Gasteiger partial charge in [-0.25, -0.2) is 4.79 Å². The third kappa shape index (κ3) is 9.01. The molecular formula is C24H32O5. The third-order valence-corrected chi connectivity index (χ3v) is 4.46. The van der Waals surface area contributed by atoms with E-state index in [0.717, 1.165) is 56.4 Å². The Bertz CT molecular complexity index is 694. The topological polar surface area (TPSA) is 65.0 Å². The molecule has 0 saturated heterocycles. The van der Waals surface area contributed by atoms with Gasteiger partial charge in [-0.3, -0.25) is 0 Å². The number of esters is 1. The number of aliphatic hydroxyl groups is 1. The second-order valence-electron chi connectivity index (χ2n) is 6.93. The Morgan fingerprint density at radius 3 is 1.83 bits per heavy atom. The summed E-state index contributed by atoms with van der Waals surface area (Å²) in [7, 11) is 0. The molecule has 29 heavy (non-hydrogen) atoms. The standard InChI is InChI=1S/C24H32O5/c1-2-3-7-18-27-22-13-15-23(16-14-22)29-24(26)20-9-11-21(12-10-20)28-19-8-5-4-6-17-25/h9-16,25H,2-8,17-19H2,1H3. The van der Waals surface area contributed by atoms with Crippen molar-refractivity contribution >= 4 is 5.97 Å². The molecule has 1 N–H and O–H groups in total. The lowest BCUT2D eigenvalue weighted by molar-refractivity contribution is 0.0734. The Labute approximate surface area is 173 Å². The lowest BCUT2D eigenvalue weighted by Gasteiger charge is -2.09. The highest BCUT2D eigenvalue weighted by molar-refractivity contribution is 5.91. The minimum Gasteiger partial charge on any atom is -0.494 e. The summed E-state index contributed by atoms with van der Waals surface area (Å²) in [6.07, 6.45) is 7.19. The molecule has 5 nitrogen and oxygen atoms in total. The minimum absolute atomic E-state index is 0.245. The lowest BCUT2D eigenvalue weighted by atomic mass is 10.2. The van der Waals surface area contributed by atoms with Crippen molar-refractivity contribution in [2.24, 2.45) is 0 Å². The van der Waals surface area contributed by atoms with Gasteiger partial charge < -0.3 is 19.3 Å². The zero-order valence-corrected chi connectivity index (χ0v) is 17.3.